The number of amides is 2. The van der Waals surface area contributed by atoms with E-state index in [4.69, 9.17) is 14.2 Å². The molecule has 0 saturated carbocycles. The Balaban J connectivity index is 1.66. The SMILES string of the molecule is CCCOc1ccc(/C=C2\SC(=O)N(CCOc3ccc(C)cc3)C2=O)cc1OCC. The predicted molar refractivity (Wildman–Crippen MR) is 123 cm³/mol. The van der Waals surface area contributed by atoms with E-state index in [2.05, 4.69) is 0 Å². The Labute approximate surface area is 187 Å². The molecule has 7 heteroatoms. The molecule has 31 heavy (non-hydrogen) atoms. The van der Waals surface area contributed by atoms with Crippen LogP contribution >= 0.6 is 11.8 Å². The first-order chi connectivity index (χ1) is 15.0. The van der Waals surface area contributed by atoms with Gasteiger partial charge in [0.05, 0.1) is 24.7 Å². The Bertz CT molecular complexity index is 955. The summed E-state index contributed by atoms with van der Waals surface area (Å²) in [6, 6.07) is 13.1. The molecule has 0 atom stereocenters. The number of carbonyl (C=O) groups is 2. The van der Waals surface area contributed by atoms with Crippen molar-refractivity contribution in [3.05, 3.63) is 58.5 Å². The van der Waals surface area contributed by atoms with Gasteiger partial charge >= 0.3 is 0 Å². The third-order valence-electron chi connectivity index (χ3n) is 4.51. The average Bonchev–Trinajstić information content (AvgIpc) is 3.02. The number of imide groups is 1. The normalized spacial score (nSPS) is 14.9. The Hall–Kier alpha value is -2.93. The van der Waals surface area contributed by atoms with Gasteiger partial charge in [-0.05, 0) is 67.9 Å². The molecule has 2 amide bonds. The number of thioether (sulfide) groups is 1. The highest BCUT2D eigenvalue weighted by molar-refractivity contribution is 8.18. The van der Waals surface area contributed by atoms with Gasteiger partial charge in [0.25, 0.3) is 11.1 Å². The second-order valence-electron chi connectivity index (χ2n) is 6.98. The van der Waals surface area contributed by atoms with E-state index in [1.165, 1.54) is 4.90 Å². The zero-order valence-electron chi connectivity index (χ0n) is 18.1. The maximum absolute atomic E-state index is 12.7. The second kappa shape index (κ2) is 10.9. The van der Waals surface area contributed by atoms with Gasteiger partial charge in [-0.1, -0.05) is 30.7 Å². The van der Waals surface area contributed by atoms with Crippen LogP contribution in [0.15, 0.2) is 47.4 Å². The predicted octanol–water partition coefficient (Wildman–Crippen LogP) is 5.30. The van der Waals surface area contributed by atoms with Gasteiger partial charge in [-0.25, -0.2) is 0 Å². The van der Waals surface area contributed by atoms with Gasteiger partial charge in [-0.15, -0.1) is 0 Å². The van der Waals surface area contributed by atoms with Gasteiger partial charge in [-0.3, -0.25) is 14.5 Å². The van der Waals surface area contributed by atoms with E-state index in [1.54, 1.807) is 6.08 Å². The molecule has 3 rings (SSSR count). The van der Waals surface area contributed by atoms with Crippen molar-refractivity contribution in [1.29, 1.82) is 0 Å². The molecule has 1 aliphatic heterocycles. The zero-order chi connectivity index (χ0) is 22.2. The van der Waals surface area contributed by atoms with Gasteiger partial charge in [0.15, 0.2) is 11.5 Å². The molecular weight excluding hydrogens is 414 g/mol. The molecule has 0 radical (unpaired) electrons. The summed E-state index contributed by atoms with van der Waals surface area (Å²) in [5.74, 6) is 1.69. The van der Waals surface area contributed by atoms with Crippen LogP contribution in [0.3, 0.4) is 0 Å². The van der Waals surface area contributed by atoms with Crippen molar-refractivity contribution in [3.8, 4) is 17.2 Å². The molecule has 0 spiro atoms. The van der Waals surface area contributed by atoms with Crippen molar-refractivity contribution in [1.82, 2.24) is 4.90 Å². The van der Waals surface area contributed by atoms with Gasteiger partial charge in [-0.2, -0.15) is 0 Å². The number of carbonyl (C=O) groups excluding carboxylic acids is 2. The summed E-state index contributed by atoms with van der Waals surface area (Å²) in [6.45, 7) is 7.49. The van der Waals surface area contributed by atoms with Crippen LogP contribution in [0.1, 0.15) is 31.4 Å². The molecule has 1 saturated heterocycles. The van der Waals surface area contributed by atoms with Crippen LogP contribution in [0.4, 0.5) is 4.79 Å². The van der Waals surface area contributed by atoms with Gasteiger partial charge in [0, 0.05) is 0 Å². The van der Waals surface area contributed by atoms with Crippen LogP contribution in [0, 0.1) is 6.92 Å². The van der Waals surface area contributed by atoms with Crippen LogP contribution in [0.5, 0.6) is 17.2 Å². The molecule has 0 aliphatic carbocycles. The van der Waals surface area contributed by atoms with Crippen molar-refractivity contribution in [2.75, 3.05) is 26.4 Å². The van der Waals surface area contributed by atoms with Crippen molar-refractivity contribution < 1.29 is 23.8 Å². The van der Waals surface area contributed by atoms with Crippen molar-refractivity contribution in [2.45, 2.75) is 27.2 Å². The minimum absolute atomic E-state index is 0.198. The Morgan fingerprint density at radius 3 is 2.42 bits per heavy atom. The molecule has 1 fully saturated rings. The Kier molecular flexibility index (Phi) is 8.00. The van der Waals surface area contributed by atoms with Crippen molar-refractivity contribution in [3.63, 3.8) is 0 Å². The molecule has 2 aromatic carbocycles. The van der Waals surface area contributed by atoms with E-state index in [9.17, 15) is 9.59 Å². The van der Waals surface area contributed by atoms with E-state index in [1.807, 2.05) is 63.2 Å². The second-order valence-corrected chi connectivity index (χ2v) is 7.98. The highest BCUT2D eigenvalue weighted by atomic mass is 32.2. The first-order valence-electron chi connectivity index (χ1n) is 10.4. The summed E-state index contributed by atoms with van der Waals surface area (Å²) in [5.41, 5.74) is 1.91. The van der Waals surface area contributed by atoms with Gasteiger partial charge in [0.2, 0.25) is 0 Å². The standard InChI is InChI=1S/C24H27NO5S/c1-4-13-30-20-11-8-18(15-21(20)28-5-2)16-22-23(26)25(24(27)31-22)12-14-29-19-9-6-17(3)7-10-19/h6-11,15-16H,4-5,12-14H2,1-3H3/b22-16-. The lowest BCUT2D eigenvalue weighted by Gasteiger charge is -2.13. The number of rotatable bonds is 10. The summed E-state index contributed by atoms with van der Waals surface area (Å²) in [5, 5.41) is -0.295. The number of ether oxygens (including phenoxy) is 3. The third-order valence-corrected chi connectivity index (χ3v) is 5.41. The van der Waals surface area contributed by atoms with Gasteiger partial charge < -0.3 is 14.2 Å². The van der Waals surface area contributed by atoms with Crippen LogP contribution in [-0.4, -0.2) is 42.4 Å². The van der Waals surface area contributed by atoms with Crippen molar-refractivity contribution in [2.24, 2.45) is 0 Å². The summed E-state index contributed by atoms with van der Waals surface area (Å²) >= 11 is 0.933. The molecule has 0 aromatic heterocycles. The molecule has 2 aromatic rings. The molecule has 164 valence electrons. The van der Waals surface area contributed by atoms with Crippen LogP contribution in [-0.2, 0) is 4.79 Å². The lowest BCUT2D eigenvalue weighted by atomic mass is 10.2. The fourth-order valence-electron chi connectivity index (χ4n) is 2.95. The van der Waals surface area contributed by atoms with E-state index in [-0.39, 0.29) is 24.3 Å². The van der Waals surface area contributed by atoms with Crippen molar-refractivity contribution >= 4 is 29.0 Å². The minimum atomic E-state index is -0.313. The fourth-order valence-corrected chi connectivity index (χ4v) is 3.81. The molecule has 0 unspecified atom stereocenters. The lowest BCUT2D eigenvalue weighted by Crippen LogP contribution is -2.32. The van der Waals surface area contributed by atoms with E-state index in [0.29, 0.717) is 35.4 Å². The van der Waals surface area contributed by atoms with Crippen LogP contribution in [0.25, 0.3) is 6.08 Å². The Morgan fingerprint density at radius 2 is 1.71 bits per heavy atom. The maximum Gasteiger partial charge on any atom is 0.293 e. The summed E-state index contributed by atoms with van der Waals surface area (Å²) in [4.78, 5) is 26.7. The summed E-state index contributed by atoms with van der Waals surface area (Å²) in [6.07, 6.45) is 2.60. The lowest BCUT2D eigenvalue weighted by molar-refractivity contribution is -0.123. The summed E-state index contributed by atoms with van der Waals surface area (Å²) < 4.78 is 17.0. The van der Waals surface area contributed by atoms with Crippen LogP contribution in [0.2, 0.25) is 0 Å². The molecular formula is C24H27NO5S. The largest absolute Gasteiger partial charge is 0.492 e. The quantitative estimate of drug-likeness (QED) is 0.466. The monoisotopic (exact) mass is 441 g/mol. The number of nitrogens with zero attached hydrogens (tertiary/aromatic N) is 1. The topological polar surface area (TPSA) is 65.1 Å². The number of hydrogen-bond acceptors (Lipinski definition) is 6. The van der Waals surface area contributed by atoms with E-state index < -0.39 is 0 Å². The smallest absolute Gasteiger partial charge is 0.293 e. The Morgan fingerprint density at radius 1 is 0.935 bits per heavy atom. The molecule has 1 heterocycles. The minimum Gasteiger partial charge on any atom is -0.492 e. The van der Waals surface area contributed by atoms with Crippen LogP contribution < -0.4 is 14.2 Å². The number of benzene rings is 2. The first kappa shape index (κ1) is 22.7. The number of aryl methyl sites for hydroxylation is 1. The fraction of sp³-hybridized carbons (Fsp3) is 0.333. The van der Waals surface area contributed by atoms with E-state index >= 15 is 0 Å². The third kappa shape index (κ3) is 6.04. The summed E-state index contributed by atoms with van der Waals surface area (Å²) in [7, 11) is 0. The first-order valence-corrected chi connectivity index (χ1v) is 11.2. The molecule has 6 nitrogen and oxygen atoms in total. The zero-order valence-corrected chi connectivity index (χ0v) is 18.9. The highest BCUT2D eigenvalue weighted by Crippen LogP contribution is 2.34. The molecule has 0 bridgehead atoms. The molecule has 0 N–H and O–H groups in total. The van der Waals surface area contributed by atoms with Gasteiger partial charge in [0.1, 0.15) is 12.4 Å². The molecule has 1 aliphatic rings. The maximum atomic E-state index is 12.7. The average molecular weight is 442 g/mol. The highest BCUT2D eigenvalue weighted by Gasteiger charge is 2.34. The number of hydrogen-bond donors (Lipinski definition) is 0. The van der Waals surface area contributed by atoms with E-state index in [0.717, 1.165) is 29.3 Å².